The molecule has 21 heavy (non-hydrogen) atoms. The van der Waals surface area contributed by atoms with Crippen molar-refractivity contribution in [3.8, 4) is 0 Å². The lowest BCUT2D eigenvalue weighted by atomic mass is 9.74. The Morgan fingerprint density at radius 3 is 2.90 bits per heavy atom. The summed E-state index contributed by atoms with van der Waals surface area (Å²) in [6, 6.07) is 10.1. The van der Waals surface area contributed by atoms with Crippen LogP contribution >= 0.6 is 11.6 Å². The molecule has 1 spiro atoms. The third-order valence-corrected chi connectivity index (χ3v) is 5.03. The monoisotopic (exact) mass is 301 g/mol. The highest BCUT2D eigenvalue weighted by Crippen LogP contribution is 2.50. The van der Waals surface area contributed by atoms with Crippen LogP contribution < -0.4 is 5.32 Å². The number of Topliss-reactive ketones (excluding diaryl/α,β-unsaturated/α-hetero) is 1. The number of rotatable bonds is 0. The van der Waals surface area contributed by atoms with Crippen LogP contribution in [0.15, 0.2) is 36.4 Å². The first-order valence-corrected chi connectivity index (χ1v) is 7.30. The largest absolute Gasteiger partial charge is 0.381 e. The van der Waals surface area contributed by atoms with Crippen LogP contribution in [0.1, 0.15) is 28.4 Å². The summed E-state index contributed by atoms with van der Waals surface area (Å²) in [5.41, 5.74) is 2.06. The number of ketones is 1. The van der Waals surface area contributed by atoms with Crippen molar-refractivity contribution in [3.63, 3.8) is 0 Å². The van der Waals surface area contributed by atoms with Crippen LogP contribution in [0.2, 0.25) is 5.02 Å². The summed E-state index contributed by atoms with van der Waals surface area (Å²) in [6.07, 6.45) is 0.384. The van der Waals surface area contributed by atoms with Gasteiger partial charge in [-0.3, -0.25) is 4.79 Å². The maximum atomic E-state index is 14.1. The minimum absolute atomic E-state index is 0.0157. The summed E-state index contributed by atoms with van der Waals surface area (Å²) in [6.45, 7) is 1.97. The van der Waals surface area contributed by atoms with Crippen LogP contribution in [-0.2, 0) is 11.8 Å². The molecular formula is C17H13ClFNO. The highest BCUT2D eigenvalue weighted by atomic mass is 35.5. The van der Waals surface area contributed by atoms with E-state index in [0.29, 0.717) is 22.6 Å². The summed E-state index contributed by atoms with van der Waals surface area (Å²) in [4.78, 5) is 13.0. The number of hydrogen-bond donors (Lipinski definition) is 1. The van der Waals surface area contributed by atoms with E-state index in [9.17, 15) is 9.18 Å². The molecule has 2 aliphatic rings. The van der Waals surface area contributed by atoms with Gasteiger partial charge < -0.3 is 5.32 Å². The Kier molecular flexibility index (Phi) is 2.49. The van der Waals surface area contributed by atoms with Gasteiger partial charge in [0.25, 0.3) is 0 Å². The molecule has 0 bridgehead atoms. The molecule has 106 valence electrons. The zero-order valence-electron chi connectivity index (χ0n) is 11.4. The van der Waals surface area contributed by atoms with Gasteiger partial charge in [-0.15, -0.1) is 0 Å². The lowest BCUT2D eigenvalue weighted by molar-refractivity contribution is 0.0896. The second kappa shape index (κ2) is 4.08. The molecule has 0 unspecified atom stereocenters. The van der Waals surface area contributed by atoms with Crippen LogP contribution in [0.25, 0.3) is 0 Å². The number of carbonyl (C=O) groups excluding carboxylic acids is 1. The van der Waals surface area contributed by atoms with Gasteiger partial charge in [-0.25, -0.2) is 4.39 Å². The van der Waals surface area contributed by atoms with E-state index >= 15 is 0 Å². The van der Waals surface area contributed by atoms with Gasteiger partial charge in [-0.2, -0.15) is 0 Å². The Morgan fingerprint density at radius 2 is 2.14 bits per heavy atom. The topological polar surface area (TPSA) is 29.1 Å². The van der Waals surface area contributed by atoms with Crippen molar-refractivity contribution < 1.29 is 9.18 Å². The third kappa shape index (κ3) is 1.50. The van der Waals surface area contributed by atoms with Gasteiger partial charge in [0.1, 0.15) is 5.82 Å². The van der Waals surface area contributed by atoms with E-state index < -0.39 is 5.41 Å². The predicted molar refractivity (Wildman–Crippen MR) is 80.6 cm³/mol. The molecule has 1 N–H and O–H groups in total. The zero-order chi connectivity index (χ0) is 14.8. The van der Waals surface area contributed by atoms with E-state index in [1.165, 1.54) is 6.07 Å². The lowest BCUT2D eigenvalue weighted by Crippen LogP contribution is -2.42. The summed E-state index contributed by atoms with van der Waals surface area (Å²) in [7, 11) is 0. The Bertz CT molecular complexity index is 788. The molecule has 1 heterocycles. The van der Waals surface area contributed by atoms with Gasteiger partial charge in [-0.1, -0.05) is 23.7 Å². The highest BCUT2D eigenvalue weighted by molar-refractivity contribution is 6.31. The van der Waals surface area contributed by atoms with E-state index in [1.807, 2.05) is 19.1 Å². The maximum absolute atomic E-state index is 14.1. The van der Waals surface area contributed by atoms with Gasteiger partial charge in [0, 0.05) is 27.9 Å². The van der Waals surface area contributed by atoms with Gasteiger partial charge in [0.15, 0.2) is 5.78 Å². The molecule has 0 saturated heterocycles. The summed E-state index contributed by atoms with van der Waals surface area (Å²) in [5, 5.41) is 3.93. The molecule has 4 rings (SSSR count). The number of benzene rings is 2. The molecule has 0 radical (unpaired) electrons. The van der Waals surface area contributed by atoms with Crippen molar-refractivity contribution in [1.82, 2.24) is 0 Å². The highest BCUT2D eigenvalue weighted by Gasteiger charge is 2.55. The number of hydrogen-bond acceptors (Lipinski definition) is 2. The van der Waals surface area contributed by atoms with Crippen LogP contribution in [0.5, 0.6) is 0 Å². The molecule has 0 saturated carbocycles. The number of halogens is 2. The van der Waals surface area contributed by atoms with Crippen LogP contribution in [0.4, 0.5) is 10.1 Å². The van der Waals surface area contributed by atoms with Gasteiger partial charge in [0.2, 0.25) is 0 Å². The molecule has 2 aromatic rings. The SMILES string of the molecule is C[C@@H]1Nc2ccc(Cl)cc2[C@@]12Cc1c(F)cccc1C2=O. The van der Waals surface area contributed by atoms with Crippen LogP contribution in [-0.4, -0.2) is 11.8 Å². The van der Waals surface area contributed by atoms with E-state index in [2.05, 4.69) is 5.32 Å². The predicted octanol–water partition coefficient (Wildman–Crippen LogP) is 3.97. The van der Waals surface area contributed by atoms with Crippen LogP contribution in [0, 0.1) is 5.82 Å². The average molecular weight is 302 g/mol. The van der Waals surface area contributed by atoms with Crippen molar-refractivity contribution in [2.45, 2.75) is 24.8 Å². The van der Waals surface area contributed by atoms with Gasteiger partial charge in [0.05, 0.1) is 5.41 Å². The molecule has 1 aliphatic heterocycles. The average Bonchev–Trinajstić information content (AvgIpc) is 2.91. The second-order valence-electron chi connectivity index (χ2n) is 5.80. The van der Waals surface area contributed by atoms with E-state index in [0.717, 1.165) is 11.3 Å². The van der Waals surface area contributed by atoms with E-state index in [-0.39, 0.29) is 17.6 Å². The zero-order valence-corrected chi connectivity index (χ0v) is 12.2. The molecular weight excluding hydrogens is 289 g/mol. The van der Waals surface area contributed by atoms with E-state index in [4.69, 9.17) is 11.6 Å². The minimum Gasteiger partial charge on any atom is -0.381 e. The smallest absolute Gasteiger partial charge is 0.176 e. The molecule has 0 fully saturated rings. The number of nitrogens with one attached hydrogen (secondary N) is 1. The standard InChI is InChI=1S/C17H13ClFNO/c1-9-17(13-7-10(18)5-6-15(13)20-9)8-12-11(16(17)21)3-2-4-14(12)19/h2-7,9,20H,8H2,1H3/t9-,17+/m0/s1. The Morgan fingerprint density at radius 1 is 1.33 bits per heavy atom. The summed E-state index contributed by atoms with van der Waals surface area (Å²) >= 11 is 6.11. The molecule has 2 aromatic carbocycles. The van der Waals surface area contributed by atoms with Crippen molar-refractivity contribution in [1.29, 1.82) is 0 Å². The van der Waals surface area contributed by atoms with Crippen molar-refractivity contribution in [3.05, 3.63) is 63.9 Å². The molecule has 2 nitrogen and oxygen atoms in total. The Balaban J connectivity index is 1.97. The molecule has 4 heteroatoms. The van der Waals surface area contributed by atoms with Crippen molar-refractivity contribution >= 4 is 23.1 Å². The lowest BCUT2D eigenvalue weighted by Gasteiger charge is -2.27. The molecule has 0 aromatic heterocycles. The normalized spacial score (nSPS) is 25.9. The fourth-order valence-electron chi connectivity index (χ4n) is 3.72. The Labute approximate surface area is 126 Å². The van der Waals surface area contributed by atoms with Crippen LogP contribution in [0.3, 0.4) is 0 Å². The van der Waals surface area contributed by atoms with Crippen molar-refractivity contribution in [2.75, 3.05) is 5.32 Å². The molecule has 2 atom stereocenters. The first-order valence-electron chi connectivity index (χ1n) is 6.93. The second-order valence-corrected chi connectivity index (χ2v) is 6.24. The fourth-order valence-corrected chi connectivity index (χ4v) is 3.89. The number of anilines is 1. The number of carbonyl (C=O) groups is 1. The minimum atomic E-state index is -0.745. The molecule has 1 aliphatic carbocycles. The molecule has 0 amide bonds. The number of fused-ring (bicyclic) bond motifs is 3. The van der Waals surface area contributed by atoms with Gasteiger partial charge in [-0.05, 0) is 43.2 Å². The summed E-state index contributed by atoms with van der Waals surface area (Å²) in [5.74, 6) is -0.321. The summed E-state index contributed by atoms with van der Waals surface area (Å²) < 4.78 is 14.1. The first-order chi connectivity index (χ1) is 10.0. The Hall–Kier alpha value is -1.87. The van der Waals surface area contributed by atoms with E-state index in [1.54, 1.807) is 18.2 Å². The van der Waals surface area contributed by atoms with Gasteiger partial charge >= 0.3 is 0 Å². The fraction of sp³-hybridized carbons (Fsp3) is 0.235. The quantitative estimate of drug-likeness (QED) is 0.798. The van der Waals surface area contributed by atoms with Crippen molar-refractivity contribution in [2.24, 2.45) is 0 Å². The third-order valence-electron chi connectivity index (χ3n) is 4.80. The first kappa shape index (κ1) is 12.8. The maximum Gasteiger partial charge on any atom is 0.176 e.